The van der Waals surface area contributed by atoms with Crippen LogP contribution in [0.15, 0.2) is 0 Å². The van der Waals surface area contributed by atoms with Gasteiger partial charge in [-0.05, 0) is 32.5 Å². The first-order valence-corrected chi connectivity index (χ1v) is 4.41. The maximum absolute atomic E-state index is 6.02. The molecule has 0 aromatic carbocycles. The van der Waals surface area contributed by atoms with Crippen LogP contribution in [0.3, 0.4) is 0 Å². The first-order chi connectivity index (χ1) is 5.20. The van der Waals surface area contributed by atoms with Crippen LogP contribution in [-0.2, 0) is 0 Å². The molecule has 3 heteroatoms. The van der Waals surface area contributed by atoms with Crippen molar-refractivity contribution in [3.63, 3.8) is 0 Å². The Labute approximate surface area is 68.7 Å². The normalized spacial score (nSPS) is 25.4. The molecule has 0 saturated carbocycles. The third kappa shape index (κ3) is 2.15. The zero-order valence-corrected chi connectivity index (χ0v) is 7.34. The second-order valence-corrected chi connectivity index (χ2v) is 3.50. The van der Waals surface area contributed by atoms with E-state index in [1.54, 1.807) is 0 Å². The standard InChI is InChI=1S/C8H19N3/c1-2-11-5-3-8(10,7-9)4-6-11/h2-7,9-10H2,1H3. The van der Waals surface area contributed by atoms with Crippen LogP contribution >= 0.6 is 0 Å². The number of likely N-dealkylation sites (tertiary alicyclic amines) is 1. The number of piperidine rings is 1. The van der Waals surface area contributed by atoms with E-state index in [2.05, 4.69) is 11.8 Å². The molecule has 0 radical (unpaired) electrons. The summed E-state index contributed by atoms with van der Waals surface area (Å²) in [7, 11) is 0. The zero-order valence-electron chi connectivity index (χ0n) is 7.34. The maximum Gasteiger partial charge on any atom is 0.0303 e. The molecule has 0 amide bonds. The molecule has 1 rings (SSSR count). The molecule has 0 spiro atoms. The summed E-state index contributed by atoms with van der Waals surface area (Å²) in [6, 6.07) is 0. The summed E-state index contributed by atoms with van der Waals surface area (Å²) in [4.78, 5) is 2.42. The highest BCUT2D eigenvalue weighted by Gasteiger charge is 2.28. The second-order valence-electron chi connectivity index (χ2n) is 3.50. The van der Waals surface area contributed by atoms with Crippen LogP contribution in [-0.4, -0.2) is 36.6 Å². The SMILES string of the molecule is CCN1CCC(N)(CN)CC1. The monoisotopic (exact) mass is 157 g/mol. The molecule has 11 heavy (non-hydrogen) atoms. The molecule has 66 valence electrons. The van der Waals surface area contributed by atoms with Crippen molar-refractivity contribution in [2.75, 3.05) is 26.2 Å². The molecule has 0 aromatic heterocycles. The Morgan fingerprint density at radius 2 is 1.91 bits per heavy atom. The fourth-order valence-corrected chi connectivity index (χ4v) is 1.52. The highest BCUT2D eigenvalue weighted by atomic mass is 15.1. The van der Waals surface area contributed by atoms with Crippen LogP contribution in [0.1, 0.15) is 19.8 Å². The van der Waals surface area contributed by atoms with E-state index >= 15 is 0 Å². The molecule has 1 aliphatic heterocycles. The zero-order chi connectivity index (χ0) is 8.32. The molecule has 0 unspecified atom stereocenters. The number of nitrogens with two attached hydrogens (primary N) is 2. The third-order valence-corrected chi connectivity index (χ3v) is 2.71. The highest BCUT2D eigenvalue weighted by molar-refractivity contribution is 4.90. The van der Waals surface area contributed by atoms with Crippen LogP contribution in [0.25, 0.3) is 0 Å². The first-order valence-electron chi connectivity index (χ1n) is 4.41. The van der Waals surface area contributed by atoms with E-state index in [-0.39, 0.29) is 5.54 Å². The summed E-state index contributed by atoms with van der Waals surface area (Å²) >= 11 is 0. The number of hydrogen-bond donors (Lipinski definition) is 2. The summed E-state index contributed by atoms with van der Waals surface area (Å²) < 4.78 is 0. The van der Waals surface area contributed by atoms with Crippen molar-refractivity contribution in [3.05, 3.63) is 0 Å². The van der Waals surface area contributed by atoms with Crippen molar-refractivity contribution in [3.8, 4) is 0 Å². The van der Waals surface area contributed by atoms with Gasteiger partial charge in [-0.25, -0.2) is 0 Å². The summed E-state index contributed by atoms with van der Waals surface area (Å²) in [6.07, 6.45) is 2.11. The Balaban J connectivity index is 2.35. The Hall–Kier alpha value is -0.120. The minimum Gasteiger partial charge on any atom is -0.329 e. The molecule has 3 nitrogen and oxygen atoms in total. The summed E-state index contributed by atoms with van der Waals surface area (Å²) in [5.74, 6) is 0. The molecular weight excluding hydrogens is 138 g/mol. The van der Waals surface area contributed by atoms with Gasteiger partial charge in [0.05, 0.1) is 0 Å². The quantitative estimate of drug-likeness (QED) is 0.581. The van der Waals surface area contributed by atoms with Crippen molar-refractivity contribution in [1.29, 1.82) is 0 Å². The van der Waals surface area contributed by atoms with Gasteiger partial charge in [-0.2, -0.15) is 0 Å². The van der Waals surface area contributed by atoms with E-state index < -0.39 is 0 Å². The predicted octanol–water partition coefficient (Wildman–Crippen LogP) is -0.242. The van der Waals surface area contributed by atoms with Gasteiger partial charge in [0.25, 0.3) is 0 Å². The molecule has 0 aliphatic carbocycles. The van der Waals surface area contributed by atoms with Gasteiger partial charge in [-0.3, -0.25) is 0 Å². The lowest BCUT2D eigenvalue weighted by Gasteiger charge is -2.37. The fourth-order valence-electron chi connectivity index (χ4n) is 1.52. The lowest BCUT2D eigenvalue weighted by Crippen LogP contribution is -2.54. The minimum atomic E-state index is -0.0638. The predicted molar refractivity (Wildman–Crippen MR) is 47.3 cm³/mol. The molecule has 1 heterocycles. The van der Waals surface area contributed by atoms with Crippen LogP contribution in [0, 0.1) is 0 Å². The maximum atomic E-state index is 6.02. The Bertz CT molecular complexity index is 117. The third-order valence-electron chi connectivity index (χ3n) is 2.71. The smallest absolute Gasteiger partial charge is 0.0303 e. The van der Waals surface area contributed by atoms with E-state index in [1.807, 2.05) is 0 Å². The van der Waals surface area contributed by atoms with Crippen LogP contribution < -0.4 is 11.5 Å². The van der Waals surface area contributed by atoms with E-state index in [1.165, 1.54) is 0 Å². The number of hydrogen-bond acceptors (Lipinski definition) is 3. The summed E-state index contributed by atoms with van der Waals surface area (Å²) in [6.45, 7) is 6.19. The average Bonchev–Trinajstić information content (AvgIpc) is 2.06. The molecule has 0 aromatic rings. The molecule has 1 saturated heterocycles. The molecule has 0 atom stereocenters. The van der Waals surface area contributed by atoms with Gasteiger partial charge in [0.2, 0.25) is 0 Å². The van der Waals surface area contributed by atoms with Gasteiger partial charge in [0, 0.05) is 12.1 Å². The van der Waals surface area contributed by atoms with E-state index in [0.29, 0.717) is 6.54 Å². The van der Waals surface area contributed by atoms with E-state index in [4.69, 9.17) is 11.5 Å². The van der Waals surface area contributed by atoms with Gasteiger partial charge >= 0.3 is 0 Å². The van der Waals surface area contributed by atoms with Crippen LogP contribution in [0.2, 0.25) is 0 Å². The number of nitrogens with zero attached hydrogens (tertiary/aromatic N) is 1. The average molecular weight is 157 g/mol. The van der Waals surface area contributed by atoms with Crippen molar-refractivity contribution in [2.45, 2.75) is 25.3 Å². The molecular formula is C8H19N3. The highest BCUT2D eigenvalue weighted by Crippen LogP contribution is 2.17. The minimum absolute atomic E-state index is 0.0638. The van der Waals surface area contributed by atoms with Gasteiger partial charge in [-0.1, -0.05) is 6.92 Å². The lowest BCUT2D eigenvalue weighted by molar-refractivity contribution is 0.172. The Morgan fingerprint density at radius 3 is 2.27 bits per heavy atom. The summed E-state index contributed by atoms with van der Waals surface area (Å²) in [5, 5.41) is 0. The largest absolute Gasteiger partial charge is 0.329 e. The van der Waals surface area contributed by atoms with Crippen molar-refractivity contribution in [1.82, 2.24) is 4.90 Å². The van der Waals surface area contributed by atoms with E-state index in [0.717, 1.165) is 32.5 Å². The van der Waals surface area contributed by atoms with E-state index in [9.17, 15) is 0 Å². The van der Waals surface area contributed by atoms with Gasteiger partial charge in [-0.15, -0.1) is 0 Å². The molecule has 1 fully saturated rings. The molecule has 1 aliphatic rings. The fraction of sp³-hybridized carbons (Fsp3) is 1.00. The van der Waals surface area contributed by atoms with Crippen molar-refractivity contribution >= 4 is 0 Å². The molecule has 0 bridgehead atoms. The Kier molecular flexibility index (Phi) is 2.87. The Morgan fingerprint density at radius 1 is 1.36 bits per heavy atom. The van der Waals surface area contributed by atoms with Crippen molar-refractivity contribution in [2.24, 2.45) is 11.5 Å². The summed E-state index contributed by atoms with van der Waals surface area (Å²) in [5.41, 5.74) is 11.5. The van der Waals surface area contributed by atoms with Gasteiger partial charge in [0.15, 0.2) is 0 Å². The lowest BCUT2D eigenvalue weighted by atomic mass is 9.89. The van der Waals surface area contributed by atoms with Gasteiger partial charge in [0.1, 0.15) is 0 Å². The first kappa shape index (κ1) is 8.97. The molecule has 4 N–H and O–H groups in total. The topological polar surface area (TPSA) is 55.3 Å². The second kappa shape index (κ2) is 3.52. The van der Waals surface area contributed by atoms with Gasteiger partial charge < -0.3 is 16.4 Å². The van der Waals surface area contributed by atoms with Crippen molar-refractivity contribution < 1.29 is 0 Å². The van der Waals surface area contributed by atoms with Crippen LogP contribution in [0.4, 0.5) is 0 Å². The number of rotatable bonds is 2. The van der Waals surface area contributed by atoms with Crippen LogP contribution in [0.5, 0.6) is 0 Å².